The molecule has 0 bridgehead atoms. The average molecular weight is 484 g/mol. The van der Waals surface area contributed by atoms with Crippen molar-refractivity contribution in [3.63, 3.8) is 0 Å². The van der Waals surface area contributed by atoms with E-state index in [1.165, 1.54) is 0 Å². The number of nitrogens with one attached hydrogen (secondary N) is 1. The van der Waals surface area contributed by atoms with E-state index in [0.717, 1.165) is 5.56 Å². The largest absolute Gasteiger partial charge is 0.497 e. The summed E-state index contributed by atoms with van der Waals surface area (Å²) in [5, 5.41) is 12.8. The van der Waals surface area contributed by atoms with Crippen molar-refractivity contribution in [2.75, 3.05) is 27.4 Å². The molecule has 0 saturated carbocycles. The molecule has 0 fully saturated rings. The summed E-state index contributed by atoms with van der Waals surface area (Å²) in [4.78, 5) is 0.250. The van der Waals surface area contributed by atoms with Crippen molar-refractivity contribution < 1.29 is 22.6 Å². The lowest BCUT2D eigenvalue weighted by Crippen LogP contribution is -2.29. The zero-order valence-electron chi connectivity index (χ0n) is 19.3. The Balaban J connectivity index is 1.48. The quantitative estimate of drug-likeness (QED) is 0.361. The van der Waals surface area contributed by atoms with Gasteiger partial charge in [-0.15, -0.1) is 15.3 Å². The second-order valence-corrected chi connectivity index (χ2v) is 9.28. The van der Waals surface area contributed by atoms with E-state index in [1.54, 1.807) is 62.1 Å². The van der Waals surface area contributed by atoms with Crippen LogP contribution in [0.25, 0.3) is 17.0 Å². The van der Waals surface area contributed by atoms with E-state index < -0.39 is 10.0 Å². The summed E-state index contributed by atoms with van der Waals surface area (Å²) < 4.78 is 45.7. The number of nitrogens with zero attached hydrogens (tertiary/aromatic N) is 4. The van der Waals surface area contributed by atoms with E-state index in [9.17, 15) is 8.42 Å². The lowest BCUT2D eigenvalue weighted by Gasteiger charge is -2.11. The third kappa shape index (κ3) is 4.80. The Morgan fingerprint density at radius 2 is 1.79 bits per heavy atom. The first-order valence-electron chi connectivity index (χ1n) is 10.5. The Labute approximate surface area is 197 Å². The van der Waals surface area contributed by atoms with E-state index in [0.29, 0.717) is 40.0 Å². The lowest BCUT2D eigenvalue weighted by atomic mass is 10.2. The first-order chi connectivity index (χ1) is 16.3. The summed E-state index contributed by atoms with van der Waals surface area (Å²) in [5.74, 6) is 1.97. The minimum Gasteiger partial charge on any atom is -0.497 e. The standard InChI is InChI=1S/C23H25N5O5S/c1-15-5-8-20(16(2)13-15)34(29,30)24-11-12-33-22-10-9-21-25-26-23(28(21)27-22)18-7-6-17(31-3)14-19(18)32-4/h5-10,13-14,24H,11-12H2,1-4H3. The lowest BCUT2D eigenvalue weighted by molar-refractivity contribution is 0.306. The molecule has 0 aliphatic carbocycles. The molecule has 2 aromatic carbocycles. The second-order valence-electron chi connectivity index (χ2n) is 7.55. The minimum atomic E-state index is -3.64. The highest BCUT2D eigenvalue weighted by Gasteiger charge is 2.17. The smallest absolute Gasteiger partial charge is 0.240 e. The third-order valence-electron chi connectivity index (χ3n) is 5.15. The van der Waals surface area contributed by atoms with Crippen LogP contribution in [0.2, 0.25) is 0 Å². The van der Waals surface area contributed by atoms with Crippen LogP contribution in [0.15, 0.2) is 53.4 Å². The number of hydrogen-bond donors (Lipinski definition) is 1. The summed E-state index contributed by atoms with van der Waals surface area (Å²) in [6.45, 7) is 3.86. The summed E-state index contributed by atoms with van der Waals surface area (Å²) in [6, 6.07) is 13.9. The molecule has 0 saturated heterocycles. The minimum absolute atomic E-state index is 0.0801. The van der Waals surface area contributed by atoms with Gasteiger partial charge >= 0.3 is 0 Å². The van der Waals surface area contributed by atoms with Crippen LogP contribution in [0.5, 0.6) is 17.4 Å². The molecule has 0 atom stereocenters. The Bertz CT molecular complexity index is 1440. The van der Waals surface area contributed by atoms with Crippen molar-refractivity contribution in [2.24, 2.45) is 0 Å². The molecule has 1 N–H and O–H groups in total. The Kier molecular flexibility index (Phi) is 6.66. The molecule has 0 unspecified atom stereocenters. The number of rotatable bonds is 9. The van der Waals surface area contributed by atoms with Gasteiger partial charge in [-0.25, -0.2) is 13.1 Å². The van der Waals surface area contributed by atoms with Crippen molar-refractivity contribution >= 4 is 15.7 Å². The third-order valence-corrected chi connectivity index (χ3v) is 6.77. The molecule has 0 radical (unpaired) electrons. The first kappa shape index (κ1) is 23.5. The maximum absolute atomic E-state index is 12.6. The van der Waals surface area contributed by atoms with Crippen LogP contribution < -0.4 is 18.9 Å². The fourth-order valence-corrected chi connectivity index (χ4v) is 4.75. The van der Waals surface area contributed by atoms with Gasteiger partial charge in [0.05, 0.1) is 24.7 Å². The van der Waals surface area contributed by atoms with Gasteiger partial charge in [0.1, 0.15) is 18.1 Å². The van der Waals surface area contributed by atoms with Crippen LogP contribution >= 0.6 is 0 Å². The fourth-order valence-electron chi connectivity index (χ4n) is 3.51. The summed E-state index contributed by atoms with van der Waals surface area (Å²) in [5.41, 5.74) is 2.90. The SMILES string of the molecule is COc1ccc(-c2nnc3ccc(OCCNS(=O)(=O)c4ccc(C)cc4C)nn23)c(OC)c1. The second kappa shape index (κ2) is 9.65. The molecule has 2 aromatic heterocycles. The monoisotopic (exact) mass is 483 g/mol. The molecular formula is C23H25N5O5S. The van der Waals surface area contributed by atoms with Crippen LogP contribution in [0.1, 0.15) is 11.1 Å². The number of sulfonamides is 1. The van der Waals surface area contributed by atoms with E-state index >= 15 is 0 Å². The van der Waals surface area contributed by atoms with Gasteiger partial charge < -0.3 is 14.2 Å². The molecule has 34 heavy (non-hydrogen) atoms. The van der Waals surface area contributed by atoms with Crippen LogP contribution in [0.4, 0.5) is 0 Å². The van der Waals surface area contributed by atoms with Crippen LogP contribution in [0, 0.1) is 13.8 Å². The predicted molar refractivity (Wildman–Crippen MR) is 126 cm³/mol. The van der Waals surface area contributed by atoms with E-state index in [-0.39, 0.29) is 18.0 Å². The molecule has 10 nitrogen and oxygen atoms in total. The fraction of sp³-hybridized carbons (Fsp3) is 0.261. The van der Waals surface area contributed by atoms with Crippen LogP contribution in [-0.4, -0.2) is 55.6 Å². The van der Waals surface area contributed by atoms with Gasteiger partial charge in [-0.2, -0.15) is 4.52 Å². The predicted octanol–water partition coefficient (Wildman–Crippen LogP) is 2.78. The van der Waals surface area contributed by atoms with Crippen LogP contribution in [0.3, 0.4) is 0 Å². The molecule has 4 rings (SSSR count). The zero-order chi connectivity index (χ0) is 24.3. The number of methoxy groups -OCH3 is 2. The number of ether oxygens (including phenoxy) is 3. The Morgan fingerprint density at radius 3 is 2.53 bits per heavy atom. The number of fused-ring (bicyclic) bond motifs is 1. The molecule has 0 aliphatic heterocycles. The summed E-state index contributed by atoms with van der Waals surface area (Å²) in [7, 11) is -0.508. The van der Waals surface area contributed by atoms with Crippen molar-refractivity contribution in [1.82, 2.24) is 24.5 Å². The normalized spacial score (nSPS) is 11.5. The van der Waals surface area contributed by atoms with Gasteiger partial charge in [-0.3, -0.25) is 0 Å². The molecule has 178 valence electrons. The average Bonchev–Trinajstić information content (AvgIpc) is 3.24. The molecule has 4 aromatic rings. The number of aromatic nitrogens is 4. The maximum Gasteiger partial charge on any atom is 0.240 e. The maximum atomic E-state index is 12.6. The molecular weight excluding hydrogens is 458 g/mol. The summed E-state index contributed by atoms with van der Waals surface area (Å²) >= 11 is 0. The van der Waals surface area contributed by atoms with Crippen LogP contribution in [-0.2, 0) is 10.0 Å². The van der Waals surface area contributed by atoms with Gasteiger partial charge in [0.25, 0.3) is 0 Å². The van der Waals surface area contributed by atoms with Gasteiger partial charge in [-0.1, -0.05) is 17.7 Å². The van der Waals surface area contributed by atoms with Gasteiger partial charge in [0, 0.05) is 18.7 Å². The molecule has 2 heterocycles. The topological polar surface area (TPSA) is 117 Å². The van der Waals surface area contributed by atoms with Crippen molar-refractivity contribution in [3.05, 3.63) is 59.7 Å². The highest BCUT2D eigenvalue weighted by molar-refractivity contribution is 7.89. The molecule has 0 amide bonds. The van der Waals surface area contributed by atoms with E-state index in [1.807, 2.05) is 19.1 Å². The highest BCUT2D eigenvalue weighted by Crippen LogP contribution is 2.32. The zero-order valence-corrected chi connectivity index (χ0v) is 20.1. The van der Waals surface area contributed by atoms with Gasteiger partial charge in [0.15, 0.2) is 11.5 Å². The first-order valence-corrected chi connectivity index (χ1v) is 12.0. The highest BCUT2D eigenvalue weighted by atomic mass is 32.2. The Hall–Kier alpha value is -3.70. The molecule has 11 heteroatoms. The van der Waals surface area contributed by atoms with E-state index in [4.69, 9.17) is 14.2 Å². The van der Waals surface area contributed by atoms with Gasteiger partial charge in [0.2, 0.25) is 15.9 Å². The van der Waals surface area contributed by atoms with Crippen molar-refractivity contribution in [3.8, 4) is 28.8 Å². The van der Waals surface area contributed by atoms with Crippen molar-refractivity contribution in [1.29, 1.82) is 0 Å². The number of hydrogen-bond acceptors (Lipinski definition) is 8. The van der Waals surface area contributed by atoms with E-state index in [2.05, 4.69) is 20.0 Å². The molecule has 0 aliphatic rings. The molecule has 0 spiro atoms. The Morgan fingerprint density at radius 1 is 0.971 bits per heavy atom. The number of benzene rings is 2. The van der Waals surface area contributed by atoms with Gasteiger partial charge in [-0.05, 0) is 43.7 Å². The number of aryl methyl sites for hydroxylation is 2. The summed E-state index contributed by atoms with van der Waals surface area (Å²) in [6.07, 6.45) is 0. The van der Waals surface area contributed by atoms with Crippen molar-refractivity contribution in [2.45, 2.75) is 18.7 Å².